The van der Waals surface area contributed by atoms with Gasteiger partial charge in [0.25, 0.3) is 0 Å². The molecule has 3 heteroatoms. The zero-order valence-electron chi connectivity index (χ0n) is 10.2. The summed E-state index contributed by atoms with van der Waals surface area (Å²) >= 11 is 0. The summed E-state index contributed by atoms with van der Waals surface area (Å²) in [6.07, 6.45) is 2.33. The SMILES string of the molecule is CC(C)CCCN=C(N)NC(C)(C)C. The largest absolute Gasteiger partial charge is 0.370 e. The molecule has 3 nitrogen and oxygen atoms in total. The van der Waals surface area contributed by atoms with Gasteiger partial charge in [-0.2, -0.15) is 0 Å². The predicted octanol–water partition coefficient (Wildman–Crippen LogP) is 2.13. The van der Waals surface area contributed by atoms with Crippen LogP contribution in [0.25, 0.3) is 0 Å². The van der Waals surface area contributed by atoms with Gasteiger partial charge in [0.2, 0.25) is 0 Å². The van der Waals surface area contributed by atoms with Crippen LogP contribution in [0.1, 0.15) is 47.5 Å². The van der Waals surface area contributed by atoms with E-state index in [9.17, 15) is 0 Å². The van der Waals surface area contributed by atoms with E-state index in [2.05, 4.69) is 44.9 Å². The van der Waals surface area contributed by atoms with E-state index in [-0.39, 0.29) is 5.54 Å². The van der Waals surface area contributed by atoms with Crippen LogP contribution >= 0.6 is 0 Å². The van der Waals surface area contributed by atoms with Crippen LogP contribution in [0.15, 0.2) is 4.99 Å². The van der Waals surface area contributed by atoms with E-state index in [4.69, 9.17) is 5.73 Å². The fraction of sp³-hybridized carbons (Fsp3) is 0.909. The van der Waals surface area contributed by atoms with Gasteiger partial charge >= 0.3 is 0 Å². The Labute approximate surface area is 88.2 Å². The average molecular weight is 199 g/mol. The van der Waals surface area contributed by atoms with Gasteiger partial charge in [0.1, 0.15) is 0 Å². The third kappa shape index (κ3) is 9.36. The summed E-state index contributed by atoms with van der Waals surface area (Å²) in [7, 11) is 0. The molecule has 0 bridgehead atoms. The van der Waals surface area contributed by atoms with Crippen LogP contribution in [0.5, 0.6) is 0 Å². The Kier molecular flexibility index (Phi) is 5.58. The normalized spacial score (nSPS) is 13.4. The summed E-state index contributed by atoms with van der Waals surface area (Å²) in [5.41, 5.74) is 5.72. The molecule has 0 spiro atoms. The van der Waals surface area contributed by atoms with Gasteiger partial charge in [0, 0.05) is 12.1 Å². The van der Waals surface area contributed by atoms with Crippen molar-refractivity contribution >= 4 is 5.96 Å². The van der Waals surface area contributed by atoms with E-state index < -0.39 is 0 Å². The van der Waals surface area contributed by atoms with Gasteiger partial charge in [-0.25, -0.2) is 0 Å². The minimum atomic E-state index is 0.00559. The van der Waals surface area contributed by atoms with Gasteiger partial charge in [-0.3, -0.25) is 4.99 Å². The van der Waals surface area contributed by atoms with E-state index >= 15 is 0 Å². The molecule has 0 radical (unpaired) electrons. The van der Waals surface area contributed by atoms with E-state index in [1.165, 1.54) is 6.42 Å². The lowest BCUT2D eigenvalue weighted by Crippen LogP contribution is -2.45. The van der Waals surface area contributed by atoms with E-state index in [1.807, 2.05) is 0 Å². The molecule has 0 saturated carbocycles. The zero-order chi connectivity index (χ0) is 11.2. The van der Waals surface area contributed by atoms with Crippen molar-refractivity contribution in [3.8, 4) is 0 Å². The molecule has 0 unspecified atom stereocenters. The summed E-state index contributed by atoms with van der Waals surface area (Å²) in [6, 6.07) is 0. The molecular weight excluding hydrogens is 174 g/mol. The maximum Gasteiger partial charge on any atom is 0.188 e. The molecule has 0 aliphatic carbocycles. The van der Waals surface area contributed by atoms with Crippen molar-refractivity contribution in [2.45, 2.75) is 53.0 Å². The van der Waals surface area contributed by atoms with Gasteiger partial charge in [-0.1, -0.05) is 13.8 Å². The number of nitrogens with two attached hydrogens (primary N) is 1. The lowest BCUT2D eigenvalue weighted by atomic mass is 10.1. The fourth-order valence-electron chi connectivity index (χ4n) is 1.12. The lowest BCUT2D eigenvalue weighted by molar-refractivity contribution is 0.506. The summed E-state index contributed by atoms with van der Waals surface area (Å²) in [5.74, 6) is 1.31. The number of hydrogen-bond donors (Lipinski definition) is 2. The van der Waals surface area contributed by atoms with Crippen molar-refractivity contribution in [1.29, 1.82) is 0 Å². The number of rotatable bonds is 4. The highest BCUT2D eigenvalue weighted by molar-refractivity contribution is 5.78. The number of nitrogens with zero attached hydrogens (tertiary/aromatic N) is 1. The molecule has 0 saturated heterocycles. The topological polar surface area (TPSA) is 50.4 Å². The Hall–Kier alpha value is -0.730. The Morgan fingerprint density at radius 2 is 1.93 bits per heavy atom. The first kappa shape index (κ1) is 13.3. The molecule has 0 aliphatic rings. The van der Waals surface area contributed by atoms with Crippen molar-refractivity contribution in [1.82, 2.24) is 5.32 Å². The quantitative estimate of drug-likeness (QED) is 0.414. The molecule has 3 N–H and O–H groups in total. The second kappa shape index (κ2) is 5.89. The average Bonchev–Trinajstić information content (AvgIpc) is 1.94. The fourth-order valence-corrected chi connectivity index (χ4v) is 1.12. The number of aliphatic imine (C=N–C) groups is 1. The summed E-state index contributed by atoms with van der Waals surface area (Å²) in [5, 5.41) is 3.13. The predicted molar refractivity (Wildman–Crippen MR) is 63.5 cm³/mol. The van der Waals surface area contributed by atoms with Crippen LogP contribution in [0.2, 0.25) is 0 Å². The van der Waals surface area contributed by atoms with Gasteiger partial charge < -0.3 is 11.1 Å². The van der Waals surface area contributed by atoms with Gasteiger partial charge in [-0.05, 0) is 39.5 Å². The number of guanidine groups is 1. The van der Waals surface area contributed by atoms with E-state index in [0.717, 1.165) is 18.9 Å². The van der Waals surface area contributed by atoms with Gasteiger partial charge in [0.15, 0.2) is 5.96 Å². The number of nitrogens with one attached hydrogen (secondary N) is 1. The van der Waals surface area contributed by atoms with Crippen molar-refractivity contribution in [3.63, 3.8) is 0 Å². The van der Waals surface area contributed by atoms with Crippen LogP contribution in [-0.2, 0) is 0 Å². The molecule has 0 aromatic rings. The molecule has 0 atom stereocenters. The first-order chi connectivity index (χ1) is 6.31. The molecule has 0 aromatic heterocycles. The van der Waals surface area contributed by atoms with Crippen LogP contribution in [0.4, 0.5) is 0 Å². The van der Waals surface area contributed by atoms with Crippen molar-refractivity contribution in [2.24, 2.45) is 16.6 Å². The highest BCUT2D eigenvalue weighted by atomic mass is 15.1. The Bertz CT molecular complexity index is 177. The van der Waals surface area contributed by atoms with Crippen molar-refractivity contribution in [2.75, 3.05) is 6.54 Å². The standard InChI is InChI=1S/C11H25N3/c1-9(2)7-6-8-13-10(12)14-11(3,4)5/h9H,6-8H2,1-5H3,(H3,12,13,14). The Morgan fingerprint density at radius 3 is 2.36 bits per heavy atom. The first-order valence-electron chi connectivity index (χ1n) is 5.39. The second-order valence-corrected chi connectivity index (χ2v) is 5.18. The number of hydrogen-bond acceptors (Lipinski definition) is 1. The third-order valence-corrected chi connectivity index (χ3v) is 1.72. The monoisotopic (exact) mass is 199 g/mol. The lowest BCUT2D eigenvalue weighted by Gasteiger charge is -2.21. The summed E-state index contributed by atoms with van der Waals surface area (Å²) in [4.78, 5) is 4.26. The third-order valence-electron chi connectivity index (χ3n) is 1.72. The summed E-state index contributed by atoms with van der Waals surface area (Å²) in [6.45, 7) is 11.5. The maximum absolute atomic E-state index is 5.72. The minimum Gasteiger partial charge on any atom is -0.370 e. The van der Waals surface area contributed by atoms with Crippen LogP contribution in [0, 0.1) is 5.92 Å². The van der Waals surface area contributed by atoms with E-state index in [0.29, 0.717) is 5.96 Å². The summed E-state index contributed by atoms with van der Waals surface area (Å²) < 4.78 is 0. The molecule has 14 heavy (non-hydrogen) atoms. The minimum absolute atomic E-state index is 0.00559. The molecule has 84 valence electrons. The molecule has 0 amide bonds. The molecule has 0 heterocycles. The highest BCUT2D eigenvalue weighted by Crippen LogP contribution is 2.03. The molecule has 0 aromatic carbocycles. The van der Waals surface area contributed by atoms with Crippen LogP contribution in [0.3, 0.4) is 0 Å². The molecule has 0 rings (SSSR count). The van der Waals surface area contributed by atoms with E-state index in [1.54, 1.807) is 0 Å². The molecule has 0 fully saturated rings. The second-order valence-electron chi connectivity index (χ2n) is 5.18. The van der Waals surface area contributed by atoms with Crippen molar-refractivity contribution < 1.29 is 0 Å². The Morgan fingerprint density at radius 1 is 1.36 bits per heavy atom. The first-order valence-corrected chi connectivity index (χ1v) is 5.39. The van der Waals surface area contributed by atoms with Crippen molar-refractivity contribution in [3.05, 3.63) is 0 Å². The smallest absolute Gasteiger partial charge is 0.188 e. The zero-order valence-corrected chi connectivity index (χ0v) is 10.2. The Balaban J connectivity index is 3.67. The van der Waals surface area contributed by atoms with Crippen LogP contribution in [-0.4, -0.2) is 18.0 Å². The van der Waals surface area contributed by atoms with Gasteiger partial charge in [-0.15, -0.1) is 0 Å². The molecular formula is C11H25N3. The maximum atomic E-state index is 5.72. The van der Waals surface area contributed by atoms with Gasteiger partial charge in [0.05, 0.1) is 0 Å². The molecule has 0 aliphatic heterocycles. The highest BCUT2D eigenvalue weighted by Gasteiger charge is 2.09. The van der Waals surface area contributed by atoms with Crippen LogP contribution < -0.4 is 11.1 Å².